The molecule has 1 N–H and O–H groups in total. The lowest BCUT2D eigenvalue weighted by molar-refractivity contribution is 0.0482. The Bertz CT molecular complexity index is 1020. The fourth-order valence-corrected chi connectivity index (χ4v) is 9.21. The minimum absolute atomic E-state index is 0.150. The normalized spacial score (nSPS) is 13.8. The van der Waals surface area contributed by atoms with Crippen molar-refractivity contribution in [2.24, 2.45) is 0 Å². The van der Waals surface area contributed by atoms with Gasteiger partial charge in [-0.05, 0) is 49.0 Å². The zero-order chi connectivity index (χ0) is 27.0. The number of carbonyl (C=O) groups is 1. The molecule has 0 fully saturated rings. The van der Waals surface area contributed by atoms with E-state index >= 15 is 0 Å². The van der Waals surface area contributed by atoms with Gasteiger partial charge in [0.15, 0.2) is 0 Å². The van der Waals surface area contributed by atoms with Crippen LogP contribution in [-0.2, 0) is 23.5 Å². The quantitative estimate of drug-likeness (QED) is 0.263. The van der Waals surface area contributed by atoms with Gasteiger partial charge in [-0.15, -0.1) is 0 Å². The average Bonchev–Trinajstić information content (AvgIpc) is 2.76. The lowest BCUT2D eigenvalue weighted by Gasteiger charge is -2.43. The van der Waals surface area contributed by atoms with Crippen molar-refractivity contribution in [2.45, 2.75) is 71.1 Å². The first-order valence-electron chi connectivity index (χ1n) is 12.2. The van der Waals surface area contributed by atoms with Crippen LogP contribution in [0, 0.1) is 0 Å². The number of alkyl carbamates (subject to hydrolysis) is 1. The molecule has 0 heterocycles. The highest BCUT2D eigenvalue weighted by molar-refractivity contribution is 7.85. The fraction of sp³-hybridized carbons (Fsp3) is 0.519. The molecule has 0 aliphatic heterocycles. The predicted octanol–water partition coefficient (Wildman–Crippen LogP) is 4.21. The summed E-state index contributed by atoms with van der Waals surface area (Å²) in [5.74, 6) is 0. The molecule has 7 nitrogen and oxygen atoms in total. The van der Waals surface area contributed by atoms with Crippen LogP contribution < -0.4 is 15.7 Å². The van der Waals surface area contributed by atoms with Crippen molar-refractivity contribution < 1.29 is 26.6 Å². The number of rotatable bonds is 11. The van der Waals surface area contributed by atoms with Gasteiger partial charge >= 0.3 is 6.09 Å². The Morgan fingerprint density at radius 2 is 1.42 bits per heavy atom. The summed E-state index contributed by atoms with van der Waals surface area (Å²) in [5.41, 5.74) is -0.668. The lowest BCUT2D eigenvalue weighted by atomic mass is 10.2. The van der Waals surface area contributed by atoms with Crippen LogP contribution in [-0.4, -0.2) is 53.9 Å². The molecule has 2 aromatic rings. The minimum atomic E-state index is -3.65. The van der Waals surface area contributed by atoms with Crippen LogP contribution in [0.2, 0.25) is 5.04 Å². The largest absolute Gasteiger partial charge is 0.444 e. The van der Waals surface area contributed by atoms with Crippen molar-refractivity contribution in [3.05, 3.63) is 60.7 Å². The second-order valence-corrected chi connectivity index (χ2v) is 16.9. The van der Waals surface area contributed by atoms with E-state index in [1.165, 1.54) is 10.4 Å². The molecular formula is C27H41NO6SSi. The van der Waals surface area contributed by atoms with Crippen LogP contribution in [0.1, 0.15) is 54.4 Å². The van der Waals surface area contributed by atoms with Crippen LogP contribution in [0.15, 0.2) is 60.7 Å². The first kappa shape index (κ1) is 30.0. The summed E-state index contributed by atoms with van der Waals surface area (Å²) >= 11 is 0. The number of amides is 1. The van der Waals surface area contributed by atoms with Crippen molar-refractivity contribution in [1.29, 1.82) is 0 Å². The number of hydrogen-bond donors (Lipinski definition) is 1. The molecule has 1 atom stereocenters. The Morgan fingerprint density at radius 3 is 1.83 bits per heavy atom. The van der Waals surface area contributed by atoms with Crippen LogP contribution in [0.4, 0.5) is 4.79 Å². The molecule has 36 heavy (non-hydrogen) atoms. The highest BCUT2D eigenvalue weighted by atomic mass is 32.2. The number of hydrogen-bond acceptors (Lipinski definition) is 6. The molecule has 9 heteroatoms. The monoisotopic (exact) mass is 535 g/mol. The molecule has 0 bridgehead atoms. The van der Waals surface area contributed by atoms with Gasteiger partial charge in [-0.25, -0.2) is 4.79 Å². The summed E-state index contributed by atoms with van der Waals surface area (Å²) in [4.78, 5) is 12.3. The Labute approximate surface area is 217 Å². The van der Waals surface area contributed by atoms with Gasteiger partial charge in [0.25, 0.3) is 18.4 Å². The molecule has 0 saturated carbocycles. The predicted molar refractivity (Wildman–Crippen MR) is 147 cm³/mol. The van der Waals surface area contributed by atoms with Crippen LogP contribution in [0.5, 0.6) is 0 Å². The third-order valence-corrected chi connectivity index (χ3v) is 11.2. The van der Waals surface area contributed by atoms with Crippen LogP contribution in [0.3, 0.4) is 0 Å². The summed E-state index contributed by atoms with van der Waals surface area (Å²) in [5, 5.41) is 4.97. The van der Waals surface area contributed by atoms with Gasteiger partial charge in [0.05, 0.1) is 18.9 Å². The molecule has 200 valence electrons. The standard InChI is InChI=1S/C27H41NO6SSi/c1-26(2,3)34-25(29)28-22(21-32-35(7,30)31)15-14-20-33-36(27(4,5)6,23-16-10-8-11-17-23)24-18-12-9-13-19-24/h8-13,16-19,22H,14-15,20-21H2,1-7H3,(H,28,29)/t22-/m1/s1. The first-order valence-corrected chi connectivity index (χ1v) is 16.0. The average molecular weight is 536 g/mol. The third kappa shape index (κ3) is 9.03. The smallest absolute Gasteiger partial charge is 0.407 e. The molecule has 0 aliphatic rings. The zero-order valence-electron chi connectivity index (χ0n) is 22.5. The van der Waals surface area contributed by atoms with Crippen LogP contribution >= 0.6 is 0 Å². The van der Waals surface area contributed by atoms with Crippen LogP contribution in [0.25, 0.3) is 0 Å². The topological polar surface area (TPSA) is 90.9 Å². The van der Waals surface area contributed by atoms with Crippen molar-refractivity contribution in [3.63, 3.8) is 0 Å². The van der Waals surface area contributed by atoms with Crippen molar-refractivity contribution in [3.8, 4) is 0 Å². The van der Waals surface area contributed by atoms with Gasteiger partial charge in [-0.2, -0.15) is 8.42 Å². The highest BCUT2D eigenvalue weighted by Gasteiger charge is 2.49. The SMILES string of the molecule is CC(C)(C)OC(=O)N[C@H](CCCO[Si](c1ccccc1)(c1ccccc1)C(C)(C)C)COS(C)(=O)=O. The molecule has 0 spiro atoms. The number of benzene rings is 2. The van der Waals surface area contributed by atoms with Crippen molar-refractivity contribution >= 4 is 34.9 Å². The Kier molecular flexibility index (Phi) is 10.3. The van der Waals surface area contributed by atoms with Gasteiger partial charge in [0, 0.05) is 6.61 Å². The van der Waals surface area contributed by atoms with E-state index < -0.39 is 36.2 Å². The van der Waals surface area contributed by atoms with E-state index in [9.17, 15) is 13.2 Å². The molecule has 2 aromatic carbocycles. The van der Waals surface area contributed by atoms with E-state index in [0.29, 0.717) is 19.4 Å². The third-order valence-electron chi connectivity index (χ3n) is 5.64. The van der Waals surface area contributed by atoms with Gasteiger partial charge < -0.3 is 14.5 Å². The molecular weight excluding hydrogens is 494 g/mol. The fourth-order valence-electron chi connectivity index (χ4n) is 4.19. The van der Waals surface area contributed by atoms with Crippen molar-refractivity contribution in [1.82, 2.24) is 5.32 Å². The van der Waals surface area contributed by atoms with E-state index in [1.807, 2.05) is 36.4 Å². The molecule has 0 saturated heterocycles. The number of carbonyl (C=O) groups excluding carboxylic acids is 1. The summed E-state index contributed by atoms with van der Waals surface area (Å²) in [6.45, 7) is 12.2. The second-order valence-electron chi connectivity index (χ2n) is 11.0. The molecule has 0 aromatic heterocycles. The van der Waals surface area contributed by atoms with E-state index in [-0.39, 0.29) is 11.6 Å². The highest BCUT2D eigenvalue weighted by Crippen LogP contribution is 2.36. The van der Waals surface area contributed by atoms with Gasteiger partial charge in [0.2, 0.25) is 0 Å². The minimum Gasteiger partial charge on any atom is -0.444 e. The molecule has 1 amide bonds. The summed E-state index contributed by atoms with van der Waals surface area (Å²) in [7, 11) is -6.32. The first-order chi connectivity index (χ1) is 16.6. The second kappa shape index (κ2) is 12.4. The Morgan fingerprint density at radius 1 is 0.917 bits per heavy atom. The summed E-state index contributed by atoms with van der Waals surface area (Å²) in [6.07, 6.45) is 1.44. The molecule has 0 aliphatic carbocycles. The van der Waals surface area contributed by atoms with E-state index in [2.05, 4.69) is 50.4 Å². The maximum absolute atomic E-state index is 12.3. The maximum Gasteiger partial charge on any atom is 0.407 e. The molecule has 2 rings (SSSR count). The zero-order valence-corrected chi connectivity index (χ0v) is 24.4. The number of nitrogens with one attached hydrogen (secondary N) is 1. The van der Waals surface area contributed by atoms with Gasteiger partial charge in [-0.1, -0.05) is 81.4 Å². The van der Waals surface area contributed by atoms with E-state index in [1.54, 1.807) is 20.8 Å². The van der Waals surface area contributed by atoms with E-state index in [0.717, 1.165) is 6.26 Å². The summed E-state index contributed by atoms with van der Waals surface area (Å²) in [6, 6.07) is 20.2. The summed E-state index contributed by atoms with van der Waals surface area (Å²) < 4.78 is 40.3. The Balaban J connectivity index is 2.21. The molecule has 0 unspecified atom stereocenters. The van der Waals surface area contributed by atoms with Gasteiger partial charge in [-0.3, -0.25) is 4.18 Å². The number of ether oxygens (including phenoxy) is 1. The Hall–Kier alpha value is -2.20. The molecule has 0 radical (unpaired) electrons. The van der Waals surface area contributed by atoms with E-state index in [4.69, 9.17) is 13.3 Å². The van der Waals surface area contributed by atoms with Crippen molar-refractivity contribution in [2.75, 3.05) is 19.5 Å². The van der Waals surface area contributed by atoms with Gasteiger partial charge in [0.1, 0.15) is 5.60 Å². The lowest BCUT2D eigenvalue weighted by Crippen LogP contribution is -2.66. The maximum atomic E-state index is 12.3.